The topological polar surface area (TPSA) is 118 Å². The Kier molecular flexibility index (Phi) is 20.3. The number of carbonyl (C=O) groups excluding carboxylic acids is 1. The van der Waals surface area contributed by atoms with Gasteiger partial charge in [0.15, 0.2) is 0 Å². The van der Waals surface area contributed by atoms with Gasteiger partial charge in [0.2, 0.25) is 5.91 Å². The van der Waals surface area contributed by atoms with Crippen molar-refractivity contribution in [1.29, 1.82) is 0 Å². The van der Waals surface area contributed by atoms with Gasteiger partial charge in [-0.05, 0) is 81.5 Å². The van der Waals surface area contributed by atoms with Crippen molar-refractivity contribution in [3.8, 4) is 5.75 Å². The molecule has 2 aliphatic heterocycles. The van der Waals surface area contributed by atoms with Gasteiger partial charge in [0.25, 0.3) is 10.1 Å². The van der Waals surface area contributed by atoms with Crippen LogP contribution >= 0.6 is 24.0 Å². The summed E-state index contributed by atoms with van der Waals surface area (Å²) in [6.07, 6.45) is 15.8. The minimum absolute atomic E-state index is 0. The molecule has 4 rings (SSSR count). The first-order chi connectivity index (χ1) is 27.6. The Morgan fingerprint density at radius 2 is 1.66 bits per heavy atom. The van der Waals surface area contributed by atoms with E-state index in [-0.39, 0.29) is 34.5 Å². The number of nitrogens with zero attached hydrogens (tertiary/aromatic N) is 2. The average molecular weight is 879 g/mol. The van der Waals surface area contributed by atoms with Gasteiger partial charge in [-0.2, -0.15) is 8.42 Å². The number of alkyl halides is 1. The van der Waals surface area contributed by atoms with Crippen molar-refractivity contribution in [2.45, 2.75) is 116 Å². The Labute approximate surface area is 365 Å². The van der Waals surface area contributed by atoms with E-state index in [0.717, 1.165) is 104 Å². The molecule has 0 radical (unpaired) electrons. The van der Waals surface area contributed by atoms with Crippen molar-refractivity contribution < 1.29 is 32.0 Å². The number of hydrogen-bond donors (Lipinski definition) is 2. The van der Waals surface area contributed by atoms with Crippen LogP contribution < -0.4 is 19.9 Å². The first-order valence-electron chi connectivity index (χ1n) is 21.2. The van der Waals surface area contributed by atoms with Crippen molar-refractivity contribution in [2.24, 2.45) is 5.41 Å². The van der Waals surface area contributed by atoms with Crippen LogP contribution in [0.25, 0.3) is 0 Å². The third-order valence-corrected chi connectivity index (χ3v) is 12.0. The fraction of sp³-hybridized carbons (Fsp3) is 0.587. The molecule has 10 nitrogen and oxygen atoms in total. The van der Waals surface area contributed by atoms with E-state index in [2.05, 4.69) is 106 Å². The maximum absolute atomic E-state index is 12.5. The minimum Gasteiger partial charge on any atom is -0.461 e. The molecule has 2 heterocycles. The molecule has 0 aromatic heterocycles. The Hall–Kier alpha value is -3.06. The van der Waals surface area contributed by atoms with E-state index < -0.39 is 15.5 Å². The molecule has 1 unspecified atom stereocenters. The highest BCUT2D eigenvalue weighted by atomic mass is 35.5. The number of ether oxygens (including phenoxy) is 3. The summed E-state index contributed by atoms with van der Waals surface area (Å²) in [6.45, 7) is 20.2. The zero-order valence-corrected chi connectivity index (χ0v) is 38.7. The molecule has 2 aromatic carbocycles. The van der Waals surface area contributed by atoms with Crippen LogP contribution in [0.15, 0.2) is 77.1 Å². The number of carbonyl (C=O) groups is 1. The summed E-state index contributed by atoms with van der Waals surface area (Å²) < 4.78 is 52.0. The van der Waals surface area contributed by atoms with Crippen molar-refractivity contribution in [2.75, 3.05) is 68.3 Å². The molecule has 0 saturated carbocycles. The predicted molar refractivity (Wildman–Crippen MR) is 244 cm³/mol. The molecule has 0 spiro atoms. The molecule has 0 fully saturated rings. The molecule has 2 N–H and O–H groups in total. The van der Waals surface area contributed by atoms with Crippen LogP contribution in [-0.2, 0) is 29.8 Å². The number of fused-ring (bicyclic) bond motifs is 2. The summed E-state index contributed by atoms with van der Waals surface area (Å²) in [5, 5.41) is 2.95. The fourth-order valence-electron chi connectivity index (χ4n) is 7.52. The van der Waals surface area contributed by atoms with Crippen LogP contribution in [0.2, 0.25) is 0 Å². The summed E-state index contributed by atoms with van der Waals surface area (Å²) in [5.74, 6) is 2.51. The summed E-state index contributed by atoms with van der Waals surface area (Å²) >= 11 is 5.70. The molecule has 0 saturated heterocycles. The van der Waals surface area contributed by atoms with Crippen molar-refractivity contribution in [3.63, 3.8) is 0 Å². The predicted octanol–water partition coefficient (Wildman–Crippen LogP) is 10.4. The van der Waals surface area contributed by atoms with Gasteiger partial charge in [-0.25, -0.2) is 0 Å². The maximum Gasteiger partial charge on any atom is 0.294 e. The number of allylic oxidation sites excluding steroid dienone is 6. The molecule has 13 heteroatoms. The zero-order valence-electron chi connectivity index (χ0n) is 36.4. The van der Waals surface area contributed by atoms with Crippen LogP contribution in [0.5, 0.6) is 5.75 Å². The Balaban J connectivity index is 0.00000930. The second-order valence-corrected chi connectivity index (χ2v) is 18.5. The van der Waals surface area contributed by atoms with Crippen LogP contribution in [0, 0.1) is 5.41 Å². The van der Waals surface area contributed by atoms with E-state index in [4.69, 9.17) is 25.8 Å². The molecule has 0 bridgehead atoms. The lowest BCUT2D eigenvalue weighted by Crippen LogP contribution is -2.28. The standard InChI is InChI=1S/C46H68ClN3O7S.ClH/c1-8-49(9-2)36-21-23-38-35(32-43(45(3,4)5)57-41(38)33-36)18-17-19-42-46(6,7)39-34-37(58(52,53)54)22-24-40(39)50(42)27-15-12-13-20-44(51)48-26-29-56-31-30-55-28-16-11-10-14-25-47;/h17-19,21-24,32-35H,8-16,20,25-31H2,1-7H3,(H,48,51)(H,52,53,54);1H. The summed E-state index contributed by atoms with van der Waals surface area (Å²) in [5.41, 5.74) is 4.29. The zero-order chi connectivity index (χ0) is 42.3. The van der Waals surface area contributed by atoms with Gasteiger partial charge in [0, 0.05) is 90.5 Å². The van der Waals surface area contributed by atoms with Crippen molar-refractivity contribution >= 4 is 51.4 Å². The van der Waals surface area contributed by atoms with Gasteiger partial charge >= 0.3 is 0 Å². The third-order valence-electron chi connectivity index (χ3n) is 10.9. The number of benzene rings is 2. The van der Waals surface area contributed by atoms with Gasteiger partial charge in [0.1, 0.15) is 11.5 Å². The highest BCUT2D eigenvalue weighted by Gasteiger charge is 2.40. The van der Waals surface area contributed by atoms with E-state index >= 15 is 0 Å². The first kappa shape index (κ1) is 50.3. The Morgan fingerprint density at radius 1 is 0.966 bits per heavy atom. The summed E-state index contributed by atoms with van der Waals surface area (Å²) in [7, 11) is -4.38. The third kappa shape index (κ3) is 14.5. The lowest BCUT2D eigenvalue weighted by atomic mass is 9.83. The molecule has 0 aliphatic carbocycles. The Bertz CT molecular complexity index is 1850. The molecule has 2 aliphatic rings. The van der Waals surface area contributed by atoms with E-state index in [1.807, 2.05) is 0 Å². The van der Waals surface area contributed by atoms with Gasteiger partial charge < -0.3 is 29.3 Å². The van der Waals surface area contributed by atoms with E-state index in [1.54, 1.807) is 12.1 Å². The highest BCUT2D eigenvalue weighted by Crippen LogP contribution is 2.49. The van der Waals surface area contributed by atoms with E-state index in [1.165, 1.54) is 6.07 Å². The second kappa shape index (κ2) is 23.8. The van der Waals surface area contributed by atoms with Crippen molar-refractivity contribution in [3.05, 3.63) is 83.3 Å². The summed E-state index contributed by atoms with van der Waals surface area (Å²) in [4.78, 5) is 17.0. The lowest BCUT2D eigenvalue weighted by Gasteiger charge is -2.31. The fourth-order valence-corrected chi connectivity index (χ4v) is 8.22. The Morgan fingerprint density at radius 3 is 2.34 bits per heavy atom. The number of amides is 1. The van der Waals surface area contributed by atoms with Gasteiger partial charge in [-0.3, -0.25) is 9.35 Å². The van der Waals surface area contributed by atoms with Crippen LogP contribution in [0.1, 0.15) is 117 Å². The van der Waals surface area contributed by atoms with E-state index in [0.29, 0.717) is 45.2 Å². The monoisotopic (exact) mass is 877 g/mol. The first-order valence-corrected chi connectivity index (χ1v) is 23.1. The maximum atomic E-state index is 12.5. The second-order valence-electron chi connectivity index (χ2n) is 16.7. The van der Waals surface area contributed by atoms with E-state index in [9.17, 15) is 17.8 Å². The molecule has 59 heavy (non-hydrogen) atoms. The van der Waals surface area contributed by atoms with Crippen LogP contribution in [0.3, 0.4) is 0 Å². The SMILES string of the molecule is CCN(CC)c1ccc2c(c1)OC(C(C)(C)C)=CC2C=CC=C1N(CCCCCC(=O)NCCOCCOCCCCCCCl)c2ccc(S(=O)(=O)O)cc2C1(C)C.Cl. The average Bonchev–Trinajstić information content (AvgIpc) is 3.38. The smallest absolute Gasteiger partial charge is 0.294 e. The van der Waals surface area contributed by atoms with Crippen LogP contribution in [0.4, 0.5) is 11.4 Å². The number of unbranched alkanes of at least 4 members (excludes halogenated alkanes) is 5. The number of nitrogens with one attached hydrogen (secondary N) is 1. The quantitative estimate of drug-likeness (QED) is 0.0604. The number of rotatable bonds is 24. The molecule has 2 aromatic rings. The normalized spacial score (nSPS) is 16.7. The summed E-state index contributed by atoms with van der Waals surface area (Å²) in [6, 6.07) is 11.3. The number of hydrogen-bond acceptors (Lipinski definition) is 8. The lowest BCUT2D eigenvalue weighted by molar-refractivity contribution is -0.121. The number of anilines is 2. The van der Waals surface area contributed by atoms with Crippen molar-refractivity contribution in [1.82, 2.24) is 5.32 Å². The van der Waals surface area contributed by atoms with Crippen LogP contribution in [-0.4, -0.2) is 77.4 Å². The van der Waals surface area contributed by atoms with Gasteiger partial charge in [-0.15, -0.1) is 24.0 Å². The molecular formula is C46H69Cl2N3O7S. The van der Waals surface area contributed by atoms with Gasteiger partial charge in [0.05, 0.1) is 24.7 Å². The molecule has 1 atom stereocenters. The largest absolute Gasteiger partial charge is 0.461 e. The molecule has 330 valence electrons. The minimum atomic E-state index is -4.38. The van der Waals surface area contributed by atoms with Gasteiger partial charge in [-0.1, -0.05) is 72.1 Å². The molecule has 1 amide bonds. The highest BCUT2D eigenvalue weighted by molar-refractivity contribution is 7.85. The number of halogens is 2. The molecular weight excluding hydrogens is 809 g/mol.